The van der Waals surface area contributed by atoms with E-state index >= 15 is 0 Å². The summed E-state index contributed by atoms with van der Waals surface area (Å²) in [6.45, 7) is 2.76. The van der Waals surface area contributed by atoms with Crippen molar-refractivity contribution in [3.63, 3.8) is 0 Å². The number of alkyl halides is 1. The maximum Gasteiger partial charge on any atom is 0.343 e. The average Bonchev–Trinajstić information content (AvgIpc) is 3.05. The van der Waals surface area contributed by atoms with Crippen LogP contribution in [0.15, 0.2) is 28.7 Å². The van der Waals surface area contributed by atoms with Gasteiger partial charge in [0.25, 0.3) is 0 Å². The number of rotatable bonds is 7. The first-order valence-electron chi connectivity index (χ1n) is 7.46. The predicted molar refractivity (Wildman–Crippen MR) is 100 cm³/mol. The van der Waals surface area contributed by atoms with Crippen LogP contribution in [0, 0.1) is 0 Å². The number of halogens is 1. The van der Waals surface area contributed by atoms with Crippen molar-refractivity contribution in [2.24, 2.45) is 5.73 Å². The number of hydrogen-bond acceptors (Lipinski definition) is 7. The van der Waals surface area contributed by atoms with Gasteiger partial charge in [0.1, 0.15) is 21.9 Å². The topological polar surface area (TPSA) is 118 Å². The van der Waals surface area contributed by atoms with E-state index in [0.29, 0.717) is 27.6 Å². The summed E-state index contributed by atoms with van der Waals surface area (Å²) in [5.74, 6) is -0.788. The second-order valence-corrected chi connectivity index (χ2v) is 7.10. The number of pyridine rings is 1. The predicted octanol–water partition coefficient (Wildman–Crippen LogP) is 3.31. The standard InChI is InChI=1S/C16H17FN4O3S2/c1-8(17)12-7-26-15(21-12)11-3-14(20-9(2)22)19-5-10(11)6-25-13(4-18)16(23)24/h3-5,7-8H,6,18H2,1-2H3,(H,23,24)(H,19,20,22)/b13-4-. The molecule has 26 heavy (non-hydrogen) atoms. The minimum Gasteiger partial charge on any atom is -0.477 e. The van der Waals surface area contributed by atoms with E-state index in [-0.39, 0.29) is 16.6 Å². The lowest BCUT2D eigenvalue weighted by Gasteiger charge is -2.10. The summed E-state index contributed by atoms with van der Waals surface area (Å²) in [5.41, 5.74) is 6.98. The van der Waals surface area contributed by atoms with Crippen molar-refractivity contribution in [2.75, 3.05) is 5.32 Å². The van der Waals surface area contributed by atoms with Gasteiger partial charge in [-0.15, -0.1) is 23.1 Å². The number of carbonyl (C=O) groups is 2. The van der Waals surface area contributed by atoms with Gasteiger partial charge in [-0.2, -0.15) is 0 Å². The van der Waals surface area contributed by atoms with Gasteiger partial charge in [-0.05, 0) is 18.6 Å². The summed E-state index contributed by atoms with van der Waals surface area (Å²) in [7, 11) is 0. The van der Waals surface area contributed by atoms with Gasteiger partial charge >= 0.3 is 5.97 Å². The number of carbonyl (C=O) groups excluding carboxylic acids is 1. The zero-order chi connectivity index (χ0) is 19.3. The molecule has 0 aliphatic heterocycles. The molecule has 2 heterocycles. The number of thioether (sulfide) groups is 1. The van der Waals surface area contributed by atoms with Crippen LogP contribution in [0.25, 0.3) is 10.6 Å². The Morgan fingerprint density at radius 3 is 2.81 bits per heavy atom. The molecule has 0 saturated carbocycles. The number of carboxylic acids is 1. The molecule has 1 atom stereocenters. The zero-order valence-electron chi connectivity index (χ0n) is 14.0. The maximum absolute atomic E-state index is 13.5. The molecule has 0 spiro atoms. The smallest absolute Gasteiger partial charge is 0.343 e. The molecule has 7 nitrogen and oxygen atoms in total. The number of anilines is 1. The molecule has 0 radical (unpaired) electrons. The third-order valence-corrected chi connectivity index (χ3v) is 5.17. The molecule has 0 aliphatic carbocycles. The third kappa shape index (κ3) is 5.02. The molecule has 10 heteroatoms. The van der Waals surface area contributed by atoms with Gasteiger partial charge in [-0.3, -0.25) is 4.79 Å². The largest absolute Gasteiger partial charge is 0.477 e. The van der Waals surface area contributed by atoms with E-state index in [1.165, 1.54) is 31.4 Å². The number of aliphatic carboxylic acids is 1. The molecule has 138 valence electrons. The SMILES string of the molecule is CC(=O)Nc1cc(-c2nc(C(C)F)cs2)c(CS/C(=C\N)C(=O)O)cn1. The molecular formula is C16H17FN4O3S2. The lowest BCUT2D eigenvalue weighted by atomic mass is 10.1. The van der Waals surface area contributed by atoms with Crippen LogP contribution < -0.4 is 11.1 Å². The molecule has 0 aromatic carbocycles. The van der Waals surface area contributed by atoms with Gasteiger partial charge in [0.15, 0.2) is 0 Å². The second kappa shape index (κ2) is 8.77. The van der Waals surface area contributed by atoms with Crippen LogP contribution in [0.2, 0.25) is 0 Å². The zero-order valence-corrected chi connectivity index (χ0v) is 15.7. The Morgan fingerprint density at radius 2 is 2.27 bits per heavy atom. The molecule has 0 bridgehead atoms. The molecule has 0 fully saturated rings. The van der Waals surface area contributed by atoms with Crippen LogP contribution >= 0.6 is 23.1 Å². The van der Waals surface area contributed by atoms with Crippen LogP contribution in [0.1, 0.15) is 31.3 Å². The van der Waals surface area contributed by atoms with Crippen molar-refractivity contribution in [3.05, 3.63) is 40.0 Å². The van der Waals surface area contributed by atoms with Crippen molar-refractivity contribution in [1.82, 2.24) is 9.97 Å². The van der Waals surface area contributed by atoms with Crippen LogP contribution in [0.3, 0.4) is 0 Å². The highest BCUT2D eigenvalue weighted by atomic mass is 32.2. The summed E-state index contributed by atoms with van der Waals surface area (Å²) in [6, 6.07) is 1.63. The normalized spacial score (nSPS) is 12.7. The van der Waals surface area contributed by atoms with Gasteiger partial charge < -0.3 is 16.2 Å². The Morgan fingerprint density at radius 1 is 1.54 bits per heavy atom. The van der Waals surface area contributed by atoms with E-state index in [1.54, 1.807) is 11.4 Å². The number of hydrogen-bond donors (Lipinski definition) is 3. The van der Waals surface area contributed by atoms with Crippen molar-refractivity contribution in [3.8, 4) is 10.6 Å². The van der Waals surface area contributed by atoms with Crippen LogP contribution in [-0.4, -0.2) is 27.0 Å². The summed E-state index contributed by atoms with van der Waals surface area (Å²) in [4.78, 5) is 30.8. The van der Waals surface area contributed by atoms with Crippen molar-refractivity contribution >= 4 is 40.8 Å². The Kier molecular flexibility index (Phi) is 6.70. The van der Waals surface area contributed by atoms with Crippen molar-refractivity contribution in [2.45, 2.75) is 25.8 Å². The van der Waals surface area contributed by atoms with E-state index in [2.05, 4.69) is 15.3 Å². The quantitative estimate of drug-likeness (QED) is 0.614. The van der Waals surface area contributed by atoms with Crippen molar-refractivity contribution < 1.29 is 19.1 Å². The molecule has 0 saturated heterocycles. The first-order valence-corrected chi connectivity index (χ1v) is 9.32. The minimum absolute atomic E-state index is 0.000837. The Bertz CT molecular complexity index is 852. The number of nitrogens with zero attached hydrogens (tertiary/aromatic N) is 2. The van der Waals surface area contributed by atoms with Crippen LogP contribution in [0.5, 0.6) is 0 Å². The highest BCUT2D eigenvalue weighted by Crippen LogP contribution is 2.34. The average molecular weight is 396 g/mol. The van der Waals surface area contributed by atoms with E-state index in [9.17, 15) is 14.0 Å². The third-order valence-electron chi connectivity index (χ3n) is 3.20. The highest BCUT2D eigenvalue weighted by molar-refractivity contribution is 8.03. The summed E-state index contributed by atoms with van der Waals surface area (Å²) in [6.07, 6.45) is 1.36. The van der Waals surface area contributed by atoms with Gasteiger partial charge in [-0.25, -0.2) is 19.2 Å². The number of aromatic nitrogens is 2. The number of thiazole rings is 1. The minimum atomic E-state index is -1.20. The Labute approximate surface area is 157 Å². The fourth-order valence-electron chi connectivity index (χ4n) is 1.98. The Balaban J connectivity index is 2.39. The highest BCUT2D eigenvalue weighted by Gasteiger charge is 2.16. The first kappa shape index (κ1) is 19.9. The molecule has 1 amide bonds. The number of nitrogens with two attached hydrogens (primary N) is 1. The van der Waals surface area contributed by atoms with Crippen LogP contribution in [-0.2, 0) is 15.3 Å². The van der Waals surface area contributed by atoms with Crippen molar-refractivity contribution in [1.29, 1.82) is 0 Å². The molecule has 4 N–H and O–H groups in total. The molecule has 2 aromatic heterocycles. The fraction of sp³-hybridized carbons (Fsp3) is 0.250. The van der Waals surface area contributed by atoms with E-state index in [4.69, 9.17) is 10.8 Å². The van der Waals surface area contributed by atoms with Gasteiger partial charge in [0, 0.05) is 36.0 Å². The van der Waals surface area contributed by atoms with E-state index in [1.807, 2.05) is 0 Å². The molecule has 0 aliphatic rings. The number of nitrogens with one attached hydrogen (secondary N) is 1. The van der Waals surface area contributed by atoms with Crippen LogP contribution in [0.4, 0.5) is 10.2 Å². The lowest BCUT2D eigenvalue weighted by molar-refractivity contribution is -0.131. The Hall–Kier alpha value is -2.46. The van der Waals surface area contributed by atoms with E-state index in [0.717, 1.165) is 18.0 Å². The molecular weight excluding hydrogens is 379 g/mol. The summed E-state index contributed by atoms with van der Waals surface area (Å²) >= 11 is 2.30. The maximum atomic E-state index is 13.5. The molecule has 2 aromatic rings. The second-order valence-electron chi connectivity index (χ2n) is 5.23. The fourth-order valence-corrected chi connectivity index (χ4v) is 3.68. The number of carboxylic acid groups (broad SMARTS) is 1. The summed E-state index contributed by atoms with van der Waals surface area (Å²) in [5, 5.41) is 13.8. The molecule has 2 rings (SSSR count). The van der Waals surface area contributed by atoms with Gasteiger partial charge in [0.05, 0.1) is 5.69 Å². The first-order chi connectivity index (χ1) is 12.3. The van der Waals surface area contributed by atoms with E-state index < -0.39 is 12.1 Å². The monoisotopic (exact) mass is 396 g/mol. The lowest BCUT2D eigenvalue weighted by Crippen LogP contribution is -2.08. The van der Waals surface area contributed by atoms with Gasteiger partial charge in [0.2, 0.25) is 5.91 Å². The summed E-state index contributed by atoms with van der Waals surface area (Å²) < 4.78 is 13.5. The molecule has 1 unspecified atom stereocenters. The van der Waals surface area contributed by atoms with Gasteiger partial charge in [-0.1, -0.05) is 0 Å². The number of amides is 1.